The number of hydrogen-bond acceptors (Lipinski definition) is 4. The molecule has 21 heavy (non-hydrogen) atoms. The van der Waals surface area contributed by atoms with Crippen LogP contribution in [0.2, 0.25) is 0 Å². The monoisotopic (exact) mass is 291 g/mol. The SMILES string of the molecule is CCCCCn1c(C(C)N)nc2cc(OC)c(OC)cc21. The average molecular weight is 291 g/mol. The molecule has 116 valence electrons. The lowest BCUT2D eigenvalue weighted by atomic mass is 10.2. The van der Waals surface area contributed by atoms with Crippen molar-refractivity contribution < 1.29 is 9.47 Å². The summed E-state index contributed by atoms with van der Waals surface area (Å²) in [5.41, 5.74) is 8.03. The first-order chi connectivity index (χ1) is 10.1. The van der Waals surface area contributed by atoms with Crippen LogP contribution in [0.5, 0.6) is 11.5 Å². The normalized spacial score (nSPS) is 12.6. The number of nitrogens with zero attached hydrogens (tertiary/aromatic N) is 2. The van der Waals surface area contributed by atoms with Crippen molar-refractivity contribution in [1.29, 1.82) is 0 Å². The number of nitrogens with two attached hydrogens (primary N) is 1. The summed E-state index contributed by atoms with van der Waals surface area (Å²) < 4.78 is 13.0. The first kappa shape index (κ1) is 15.6. The largest absolute Gasteiger partial charge is 0.493 e. The van der Waals surface area contributed by atoms with Crippen molar-refractivity contribution in [3.63, 3.8) is 0 Å². The van der Waals surface area contributed by atoms with Crippen molar-refractivity contribution in [3.05, 3.63) is 18.0 Å². The fraction of sp³-hybridized carbons (Fsp3) is 0.562. The molecule has 0 fully saturated rings. The van der Waals surface area contributed by atoms with Crippen molar-refractivity contribution in [1.82, 2.24) is 9.55 Å². The van der Waals surface area contributed by atoms with E-state index in [1.54, 1.807) is 14.2 Å². The Morgan fingerprint density at radius 2 is 1.86 bits per heavy atom. The second kappa shape index (κ2) is 6.80. The Morgan fingerprint density at radius 3 is 2.43 bits per heavy atom. The topological polar surface area (TPSA) is 62.3 Å². The molecule has 0 spiro atoms. The molecule has 2 N–H and O–H groups in total. The molecule has 5 nitrogen and oxygen atoms in total. The minimum atomic E-state index is -0.101. The van der Waals surface area contributed by atoms with E-state index in [0.717, 1.165) is 35.6 Å². The fourth-order valence-electron chi connectivity index (χ4n) is 2.57. The minimum absolute atomic E-state index is 0.101. The maximum absolute atomic E-state index is 6.08. The summed E-state index contributed by atoms with van der Waals surface area (Å²) in [7, 11) is 3.28. The number of fused-ring (bicyclic) bond motifs is 1. The van der Waals surface area contributed by atoms with Crippen LogP contribution < -0.4 is 15.2 Å². The number of ether oxygens (including phenoxy) is 2. The Morgan fingerprint density at radius 1 is 1.19 bits per heavy atom. The number of rotatable bonds is 7. The van der Waals surface area contributed by atoms with Crippen LogP contribution in [-0.2, 0) is 6.54 Å². The molecule has 2 rings (SSSR count). The van der Waals surface area contributed by atoms with Gasteiger partial charge >= 0.3 is 0 Å². The summed E-state index contributed by atoms with van der Waals surface area (Å²) in [6, 6.07) is 3.80. The van der Waals surface area contributed by atoms with Gasteiger partial charge in [-0.05, 0) is 13.3 Å². The van der Waals surface area contributed by atoms with Crippen molar-refractivity contribution >= 4 is 11.0 Å². The van der Waals surface area contributed by atoms with Crippen molar-refractivity contribution in [2.75, 3.05) is 14.2 Å². The molecule has 0 aliphatic carbocycles. The quantitative estimate of drug-likeness (QED) is 0.795. The van der Waals surface area contributed by atoms with E-state index in [-0.39, 0.29) is 6.04 Å². The van der Waals surface area contributed by atoms with Crippen LogP contribution in [-0.4, -0.2) is 23.8 Å². The van der Waals surface area contributed by atoms with E-state index >= 15 is 0 Å². The van der Waals surface area contributed by atoms with Crippen LogP contribution in [0, 0.1) is 0 Å². The lowest BCUT2D eigenvalue weighted by Gasteiger charge is -2.12. The van der Waals surface area contributed by atoms with E-state index in [0.29, 0.717) is 5.75 Å². The highest BCUT2D eigenvalue weighted by atomic mass is 16.5. The van der Waals surface area contributed by atoms with Crippen LogP contribution in [0.4, 0.5) is 0 Å². The van der Waals surface area contributed by atoms with E-state index in [1.165, 1.54) is 12.8 Å². The molecule has 1 atom stereocenters. The molecule has 0 radical (unpaired) electrons. The van der Waals surface area contributed by atoms with Crippen molar-refractivity contribution in [2.45, 2.75) is 45.7 Å². The Labute approximate surface area is 126 Å². The number of aromatic nitrogens is 2. The Balaban J connectivity index is 2.53. The van der Waals surface area contributed by atoms with Crippen LogP contribution in [0.15, 0.2) is 12.1 Å². The minimum Gasteiger partial charge on any atom is -0.493 e. The second-order valence-electron chi connectivity index (χ2n) is 5.31. The maximum atomic E-state index is 6.08. The number of aryl methyl sites for hydroxylation is 1. The Hall–Kier alpha value is -1.75. The number of benzene rings is 1. The van der Waals surface area contributed by atoms with Gasteiger partial charge in [0.25, 0.3) is 0 Å². The highest BCUT2D eigenvalue weighted by Gasteiger charge is 2.16. The Bertz CT molecular complexity index is 605. The lowest BCUT2D eigenvalue weighted by Crippen LogP contribution is -2.13. The summed E-state index contributed by atoms with van der Waals surface area (Å²) in [4.78, 5) is 4.68. The van der Waals surface area contributed by atoms with Crippen molar-refractivity contribution in [3.8, 4) is 11.5 Å². The van der Waals surface area contributed by atoms with Gasteiger partial charge in [-0.3, -0.25) is 0 Å². The second-order valence-corrected chi connectivity index (χ2v) is 5.31. The summed E-state index contributed by atoms with van der Waals surface area (Å²) in [5, 5.41) is 0. The van der Waals surface area contributed by atoms with Gasteiger partial charge in [0, 0.05) is 18.7 Å². The van der Waals surface area contributed by atoms with Gasteiger partial charge in [0.15, 0.2) is 11.5 Å². The Kier molecular flexibility index (Phi) is 5.07. The first-order valence-corrected chi connectivity index (χ1v) is 7.50. The van der Waals surface area contributed by atoms with E-state index in [2.05, 4.69) is 16.5 Å². The zero-order valence-electron chi connectivity index (χ0n) is 13.3. The van der Waals surface area contributed by atoms with E-state index < -0.39 is 0 Å². The molecule has 0 aliphatic heterocycles. The third-order valence-electron chi connectivity index (χ3n) is 3.68. The predicted molar refractivity (Wildman–Crippen MR) is 85.0 cm³/mol. The molecule has 0 aliphatic rings. The zero-order chi connectivity index (χ0) is 15.4. The van der Waals surface area contributed by atoms with Gasteiger partial charge < -0.3 is 19.8 Å². The lowest BCUT2D eigenvalue weighted by molar-refractivity contribution is 0.355. The fourth-order valence-corrected chi connectivity index (χ4v) is 2.57. The molecular formula is C16H25N3O2. The van der Waals surface area contributed by atoms with Gasteiger partial charge in [0.2, 0.25) is 0 Å². The third kappa shape index (κ3) is 3.13. The maximum Gasteiger partial charge on any atom is 0.163 e. The summed E-state index contributed by atoms with van der Waals surface area (Å²) in [6.07, 6.45) is 3.51. The van der Waals surface area contributed by atoms with Gasteiger partial charge in [-0.2, -0.15) is 0 Å². The van der Waals surface area contributed by atoms with Gasteiger partial charge in [0.1, 0.15) is 5.82 Å². The molecular weight excluding hydrogens is 266 g/mol. The molecule has 5 heteroatoms. The first-order valence-electron chi connectivity index (χ1n) is 7.50. The number of unbranched alkanes of at least 4 members (excludes halogenated alkanes) is 2. The average Bonchev–Trinajstić information content (AvgIpc) is 2.84. The van der Waals surface area contributed by atoms with Crippen LogP contribution in [0.3, 0.4) is 0 Å². The summed E-state index contributed by atoms with van der Waals surface area (Å²) in [6.45, 7) is 5.09. The predicted octanol–water partition coefficient (Wildman–Crippen LogP) is 3.26. The molecule has 0 amide bonds. The van der Waals surface area contributed by atoms with Gasteiger partial charge in [-0.15, -0.1) is 0 Å². The smallest absolute Gasteiger partial charge is 0.163 e. The van der Waals surface area contributed by atoms with Crippen LogP contribution in [0.25, 0.3) is 11.0 Å². The third-order valence-corrected chi connectivity index (χ3v) is 3.68. The molecule has 1 heterocycles. The molecule has 1 aromatic carbocycles. The summed E-state index contributed by atoms with van der Waals surface area (Å²) >= 11 is 0. The highest BCUT2D eigenvalue weighted by Crippen LogP contribution is 2.33. The van der Waals surface area contributed by atoms with Gasteiger partial charge in [-0.25, -0.2) is 4.98 Å². The van der Waals surface area contributed by atoms with Crippen molar-refractivity contribution in [2.24, 2.45) is 5.73 Å². The molecule has 1 aromatic heterocycles. The molecule has 0 saturated heterocycles. The molecule has 1 unspecified atom stereocenters. The van der Waals surface area contributed by atoms with Gasteiger partial charge in [-0.1, -0.05) is 19.8 Å². The van der Waals surface area contributed by atoms with E-state index in [9.17, 15) is 0 Å². The van der Waals surface area contributed by atoms with E-state index in [1.807, 2.05) is 19.1 Å². The number of hydrogen-bond donors (Lipinski definition) is 1. The standard InChI is InChI=1S/C16H25N3O2/c1-5-6-7-8-19-13-10-15(21-4)14(20-3)9-12(13)18-16(19)11(2)17/h9-11H,5-8,17H2,1-4H3. The van der Waals surface area contributed by atoms with Gasteiger partial charge in [0.05, 0.1) is 31.3 Å². The molecule has 2 aromatic rings. The highest BCUT2D eigenvalue weighted by molar-refractivity contribution is 5.80. The van der Waals surface area contributed by atoms with Crippen LogP contribution >= 0.6 is 0 Å². The molecule has 0 saturated carbocycles. The van der Waals surface area contributed by atoms with E-state index in [4.69, 9.17) is 15.2 Å². The molecule has 0 bridgehead atoms. The zero-order valence-corrected chi connectivity index (χ0v) is 13.3. The van der Waals surface area contributed by atoms with Crippen LogP contribution in [0.1, 0.15) is 45.0 Å². The summed E-state index contributed by atoms with van der Waals surface area (Å²) in [5.74, 6) is 2.33. The number of imidazole rings is 1. The number of methoxy groups -OCH3 is 2.